The highest BCUT2D eigenvalue weighted by Crippen LogP contribution is 2.42. The van der Waals surface area contributed by atoms with Crippen LogP contribution in [-0.4, -0.2) is 35.1 Å². The van der Waals surface area contributed by atoms with E-state index >= 15 is 0 Å². The van der Waals surface area contributed by atoms with Crippen molar-refractivity contribution in [3.8, 4) is 6.07 Å². The Morgan fingerprint density at radius 3 is 2.68 bits per heavy atom. The van der Waals surface area contributed by atoms with Gasteiger partial charge in [0.2, 0.25) is 0 Å². The molecule has 1 atom stereocenters. The standard InChI is InChI=1S/C21H21ClF2N4/c22-14-6-7-17-18(13-25)20(28(19(17)10-14)15-4-1-2-5-15)21-26-8-3-9-27(21)16(11-23)12-24/h3,6-10,15-16,21H,1-2,4-5,11-12H2. The average Bonchev–Trinajstić information content (AvgIpc) is 3.34. The highest BCUT2D eigenvalue weighted by atomic mass is 35.5. The van der Waals surface area contributed by atoms with E-state index in [1.807, 2.05) is 12.1 Å². The summed E-state index contributed by atoms with van der Waals surface area (Å²) >= 11 is 6.27. The number of benzene rings is 1. The summed E-state index contributed by atoms with van der Waals surface area (Å²) in [5.41, 5.74) is 2.07. The summed E-state index contributed by atoms with van der Waals surface area (Å²) in [6, 6.07) is 7.08. The van der Waals surface area contributed by atoms with Crippen LogP contribution in [0.15, 0.2) is 35.5 Å². The lowest BCUT2D eigenvalue weighted by Gasteiger charge is -2.35. The van der Waals surface area contributed by atoms with Crippen molar-refractivity contribution in [2.24, 2.45) is 4.99 Å². The van der Waals surface area contributed by atoms with E-state index in [1.165, 1.54) is 0 Å². The van der Waals surface area contributed by atoms with Gasteiger partial charge in [0.05, 0.1) is 22.8 Å². The minimum Gasteiger partial charge on any atom is -0.343 e. The Kier molecular flexibility index (Phi) is 5.36. The van der Waals surface area contributed by atoms with Crippen LogP contribution in [0.25, 0.3) is 10.9 Å². The fraction of sp³-hybridized carbons (Fsp3) is 0.429. The summed E-state index contributed by atoms with van der Waals surface area (Å²) < 4.78 is 29.2. The lowest BCUT2D eigenvalue weighted by molar-refractivity contribution is 0.142. The highest BCUT2D eigenvalue weighted by Gasteiger charge is 2.34. The van der Waals surface area contributed by atoms with Crippen LogP contribution in [0.5, 0.6) is 0 Å². The third kappa shape index (κ3) is 3.08. The second-order valence-corrected chi connectivity index (χ2v) is 7.70. The number of aliphatic imine (C=N–C) groups is 1. The van der Waals surface area contributed by atoms with Crippen LogP contribution in [0.3, 0.4) is 0 Å². The van der Waals surface area contributed by atoms with Crippen molar-refractivity contribution in [2.75, 3.05) is 13.3 Å². The molecule has 4 nitrogen and oxygen atoms in total. The van der Waals surface area contributed by atoms with Crippen LogP contribution < -0.4 is 0 Å². The van der Waals surface area contributed by atoms with Crippen LogP contribution in [-0.2, 0) is 0 Å². The van der Waals surface area contributed by atoms with Gasteiger partial charge in [0.15, 0.2) is 6.17 Å². The number of aromatic nitrogens is 1. The zero-order valence-electron chi connectivity index (χ0n) is 15.4. The first-order chi connectivity index (χ1) is 13.7. The largest absolute Gasteiger partial charge is 0.343 e. The van der Waals surface area contributed by atoms with E-state index in [-0.39, 0.29) is 6.04 Å². The molecule has 1 aromatic heterocycles. The third-order valence-electron chi connectivity index (χ3n) is 5.68. The maximum absolute atomic E-state index is 13.5. The first-order valence-corrected chi connectivity index (χ1v) is 9.90. The van der Waals surface area contributed by atoms with Crippen LogP contribution in [0.1, 0.15) is 49.1 Å². The molecule has 2 heterocycles. The van der Waals surface area contributed by atoms with Crippen LogP contribution in [0.2, 0.25) is 5.02 Å². The molecule has 7 heteroatoms. The predicted molar refractivity (Wildman–Crippen MR) is 107 cm³/mol. The van der Waals surface area contributed by atoms with Gasteiger partial charge in [-0.1, -0.05) is 30.5 Å². The molecule has 28 heavy (non-hydrogen) atoms. The van der Waals surface area contributed by atoms with E-state index < -0.39 is 25.6 Å². The number of fused-ring (bicyclic) bond motifs is 1. The molecule has 0 spiro atoms. The summed E-state index contributed by atoms with van der Waals surface area (Å²) in [5, 5.41) is 11.4. The molecular formula is C21H21ClF2N4. The van der Waals surface area contributed by atoms with Crippen molar-refractivity contribution < 1.29 is 8.78 Å². The fourth-order valence-electron chi connectivity index (χ4n) is 4.39. The molecule has 0 amide bonds. The van der Waals surface area contributed by atoms with Gasteiger partial charge in [-0.25, -0.2) is 8.78 Å². The van der Waals surface area contributed by atoms with Gasteiger partial charge in [0, 0.05) is 28.9 Å². The van der Waals surface area contributed by atoms with Gasteiger partial charge in [-0.3, -0.25) is 4.99 Å². The van der Waals surface area contributed by atoms with E-state index in [0.717, 1.165) is 36.6 Å². The summed E-state index contributed by atoms with van der Waals surface area (Å²) in [7, 11) is 0. The summed E-state index contributed by atoms with van der Waals surface area (Å²) in [6.07, 6.45) is 8.52. The van der Waals surface area contributed by atoms with Gasteiger partial charge < -0.3 is 9.47 Å². The van der Waals surface area contributed by atoms with Crippen molar-refractivity contribution in [2.45, 2.75) is 43.9 Å². The van der Waals surface area contributed by atoms with Gasteiger partial charge in [-0.15, -0.1) is 0 Å². The highest BCUT2D eigenvalue weighted by molar-refractivity contribution is 6.31. The first-order valence-electron chi connectivity index (χ1n) is 9.52. The van der Waals surface area contributed by atoms with Crippen molar-refractivity contribution in [1.29, 1.82) is 5.26 Å². The lowest BCUT2D eigenvalue weighted by Crippen LogP contribution is -2.39. The predicted octanol–water partition coefficient (Wildman–Crippen LogP) is 5.49. The van der Waals surface area contributed by atoms with Crippen molar-refractivity contribution in [3.05, 3.63) is 46.8 Å². The normalized spacial score (nSPS) is 19.8. The Labute approximate surface area is 167 Å². The summed E-state index contributed by atoms with van der Waals surface area (Å²) in [6.45, 7) is -1.66. The topological polar surface area (TPSA) is 44.3 Å². The molecule has 2 aromatic rings. The molecule has 1 aromatic carbocycles. The number of nitrogens with zero attached hydrogens (tertiary/aromatic N) is 4. The number of nitriles is 1. The Bertz CT molecular complexity index is 965. The molecule has 1 fully saturated rings. The van der Waals surface area contributed by atoms with Crippen LogP contribution in [0.4, 0.5) is 8.78 Å². The molecule has 146 valence electrons. The molecule has 4 rings (SSSR count). The molecule has 1 aliphatic heterocycles. The van der Waals surface area contributed by atoms with Crippen molar-refractivity contribution in [3.63, 3.8) is 0 Å². The van der Waals surface area contributed by atoms with Gasteiger partial charge in [0.1, 0.15) is 19.4 Å². The lowest BCUT2D eigenvalue weighted by atomic mass is 10.1. The number of halogens is 3. The van der Waals surface area contributed by atoms with Gasteiger partial charge in [-0.05, 0) is 31.1 Å². The molecular weight excluding hydrogens is 382 g/mol. The van der Waals surface area contributed by atoms with Crippen LogP contribution in [0, 0.1) is 11.3 Å². The number of rotatable bonds is 5. The smallest absolute Gasteiger partial charge is 0.163 e. The SMILES string of the molecule is N#Cc1c(C2N=CC=CN2C(CF)CF)n(C2CCCC2)c2cc(Cl)ccc12. The number of alkyl halides is 2. The minimum atomic E-state index is -0.941. The van der Waals surface area contributed by atoms with Gasteiger partial charge in [0.25, 0.3) is 0 Å². The molecule has 0 saturated heterocycles. The van der Waals surface area contributed by atoms with E-state index in [9.17, 15) is 14.0 Å². The zero-order chi connectivity index (χ0) is 19.7. The van der Waals surface area contributed by atoms with E-state index in [4.69, 9.17) is 11.6 Å². The Hall–Kier alpha value is -2.39. The third-order valence-corrected chi connectivity index (χ3v) is 5.92. The Balaban J connectivity index is 1.97. The number of hydrogen-bond acceptors (Lipinski definition) is 3. The van der Waals surface area contributed by atoms with Crippen molar-refractivity contribution in [1.82, 2.24) is 9.47 Å². The second kappa shape index (κ2) is 7.92. The molecule has 0 radical (unpaired) electrons. The van der Waals surface area contributed by atoms with Crippen LogP contribution >= 0.6 is 11.6 Å². The molecule has 0 N–H and O–H groups in total. The fourth-order valence-corrected chi connectivity index (χ4v) is 4.56. The van der Waals surface area contributed by atoms with E-state index in [0.29, 0.717) is 16.3 Å². The number of hydrogen-bond donors (Lipinski definition) is 0. The zero-order valence-corrected chi connectivity index (χ0v) is 16.1. The van der Waals surface area contributed by atoms with Gasteiger partial charge in [-0.2, -0.15) is 5.26 Å². The molecule has 1 saturated carbocycles. The first kappa shape index (κ1) is 18.9. The average molecular weight is 403 g/mol. The van der Waals surface area contributed by atoms with E-state index in [2.05, 4.69) is 15.6 Å². The Morgan fingerprint density at radius 2 is 2.00 bits per heavy atom. The van der Waals surface area contributed by atoms with Gasteiger partial charge >= 0.3 is 0 Å². The monoisotopic (exact) mass is 402 g/mol. The second-order valence-electron chi connectivity index (χ2n) is 7.26. The summed E-state index contributed by atoms with van der Waals surface area (Å²) in [4.78, 5) is 6.12. The van der Waals surface area contributed by atoms with Crippen molar-refractivity contribution >= 4 is 28.7 Å². The maximum Gasteiger partial charge on any atom is 0.163 e. The molecule has 1 unspecified atom stereocenters. The quantitative estimate of drug-likeness (QED) is 0.663. The Morgan fingerprint density at radius 1 is 1.25 bits per heavy atom. The molecule has 1 aliphatic carbocycles. The minimum absolute atomic E-state index is 0.218. The maximum atomic E-state index is 13.5. The molecule has 0 bridgehead atoms. The number of allylic oxidation sites excluding steroid dienone is 1. The summed E-state index contributed by atoms with van der Waals surface area (Å²) in [5.74, 6) is 0. The molecule has 2 aliphatic rings. The van der Waals surface area contributed by atoms with E-state index in [1.54, 1.807) is 29.5 Å².